The van der Waals surface area contributed by atoms with Crippen molar-refractivity contribution in [3.8, 4) is 0 Å². The lowest BCUT2D eigenvalue weighted by atomic mass is 9.44. The number of hydrogen-bond acceptors (Lipinski definition) is 9. The number of aliphatic hydroxyl groups excluding tert-OH is 2. The molecule has 1 heterocycles. The van der Waals surface area contributed by atoms with Crippen molar-refractivity contribution in [3.63, 3.8) is 0 Å². The monoisotopic (exact) mass is 655 g/mol. The molecule has 0 amide bonds. The van der Waals surface area contributed by atoms with Crippen molar-refractivity contribution in [1.82, 2.24) is 0 Å². The smallest absolute Gasteiger partial charge is 0.206 e. The summed E-state index contributed by atoms with van der Waals surface area (Å²) in [4.78, 5) is 25.9. The van der Waals surface area contributed by atoms with E-state index in [1.165, 1.54) is 67.6 Å². The number of sulfone groups is 1. The predicted octanol–water partition coefficient (Wildman–Crippen LogP) is 3.74. The van der Waals surface area contributed by atoms with Gasteiger partial charge in [0, 0.05) is 28.0 Å². The Balaban J connectivity index is 1.23. The molecule has 4 N–H and O–H groups in total. The molecule has 0 aromatic heterocycles. The quantitative estimate of drug-likeness (QED) is 0.409. The number of benzene rings is 2. The molecule has 0 bridgehead atoms. The Bertz CT molecular complexity index is 1800. The average molecular weight is 656 g/mol. The third kappa shape index (κ3) is 3.88. The van der Waals surface area contributed by atoms with E-state index in [-0.39, 0.29) is 34.6 Å². The summed E-state index contributed by atoms with van der Waals surface area (Å²) in [5.74, 6) is -2.89. The van der Waals surface area contributed by atoms with Crippen LogP contribution in [-0.4, -0.2) is 66.5 Å². The summed E-state index contributed by atoms with van der Waals surface area (Å²) >= 11 is 0. The molecule has 244 valence electrons. The van der Waals surface area contributed by atoms with Crippen LogP contribution in [0.2, 0.25) is 0 Å². The molecule has 1 saturated heterocycles. The van der Waals surface area contributed by atoms with Crippen LogP contribution in [0, 0.1) is 22.7 Å². The van der Waals surface area contributed by atoms with E-state index in [9.17, 15) is 28.2 Å². The van der Waals surface area contributed by atoms with Gasteiger partial charge in [-0.25, -0.2) is 17.2 Å². The van der Waals surface area contributed by atoms with Crippen LogP contribution in [0.4, 0.5) is 14.5 Å². The molecule has 4 aliphatic carbocycles. The van der Waals surface area contributed by atoms with Gasteiger partial charge in [-0.05, 0) is 86.2 Å². The van der Waals surface area contributed by atoms with Gasteiger partial charge in [-0.15, -0.1) is 0 Å². The van der Waals surface area contributed by atoms with Gasteiger partial charge in [0.2, 0.25) is 9.84 Å². The number of rotatable bonds is 5. The van der Waals surface area contributed by atoms with E-state index >= 15 is 8.78 Å². The zero-order valence-electron chi connectivity index (χ0n) is 25.2. The number of carbonyl (C=O) groups excluding carboxylic acids is 2. The number of Topliss-reactive ketones (excluding diaryl/α,β-unsaturated/α-hetero) is 1. The summed E-state index contributed by atoms with van der Waals surface area (Å²) < 4.78 is 72.4. The first-order valence-electron chi connectivity index (χ1n) is 15.3. The molecule has 10 atom stereocenters. The van der Waals surface area contributed by atoms with Gasteiger partial charge in [-0.2, -0.15) is 0 Å². The van der Waals surface area contributed by atoms with E-state index in [1.807, 2.05) is 0 Å². The van der Waals surface area contributed by atoms with E-state index in [1.54, 1.807) is 6.92 Å². The van der Waals surface area contributed by atoms with Crippen molar-refractivity contribution in [2.75, 3.05) is 12.3 Å². The van der Waals surface area contributed by atoms with Crippen LogP contribution in [0.15, 0.2) is 82.1 Å². The minimum Gasteiger partial charge on any atom is -0.399 e. The molecule has 1 aliphatic heterocycles. The molecule has 2 aromatic carbocycles. The highest BCUT2D eigenvalue weighted by Crippen LogP contribution is 2.72. The maximum Gasteiger partial charge on any atom is 0.206 e. The lowest BCUT2D eigenvalue weighted by molar-refractivity contribution is -0.235. The van der Waals surface area contributed by atoms with Crippen LogP contribution >= 0.6 is 0 Å². The van der Waals surface area contributed by atoms with Crippen molar-refractivity contribution in [2.24, 2.45) is 22.7 Å². The van der Waals surface area contributed by atoms with E-state index in [4.69, 9.17) is 15.2 Å². The Morgan fingerprint density at radius 1 is 1.04 bits per heavy atom. The highest BCUT2D eigenvalue weighted by Gasteiger charge is 2.80. The largest absolute Gasteiger partial charge is 0.399 e. The Hall–Kier alpha value is -3.29. The number of alkyl halides is 2. The lowest BCUT2D eigenvalue weighted by Gasteiger charge is -2.63. The van der Waals surface area contributed by atoms with Crippen LogP contribution in [0.5, 0.6) is 0 Å². The zero-order valence-corrected chi connectivity index (χ0v) is 26.0. The third-order valence-corrected chi connectivity index (χ3v) is 13.4. The number of halogens is 2. The van der Waals surface area contributed by atoms with E-state index in [0.717, 1.165) is 6.08 Å². The Morgan fingerprint density at radius 3 is 2.30 bits per heavy atom. The molecule has 2 aromatic rings. The summed E-state index contributed by atoms with van der Waals surface area (Å²) in [5.41, 5.74) is -0.485. The van der Waals surface area contributed by atoms with E-state index in [0.29, 0.717) is 11.3 Å². The third-order valence-electron chi connectivity index (χ3n) is 11.6. The van der Waals surface area contributed by atoms with Crippen molar-refractivity contribution in [1.29, 1.82) is 0 Å². The second kappa shape index (κ2) is 10.1. The van der Waals surface area contributed by atoms with Gasteiger partial charge in [-0.1, -0.05) is 25.1 Å². The fourth-order valence-corrected chi connectivity index (χ4v) is 10.6. The van der Waals surface area contributed by atoms with Crippen LogP contribution in [0.1, 0.15) is 45.0 Å². The molecule has 9 nitrogen and oxygen atoms in total. The highest BCUT2D eigenvalue weighted by atomic mass is 32.2. The number of ketones is 2. The number of nitrogens with two attached hydrogens (primary N) is 1. The fraction of sp³-hybridized carbons (Fsp3) is 0.471. The number of ether oxygens (including phenoxy) is 2. The lowest BCUT2D eigenvalue weighted by Crippen LogP contribution is -2.70. The topological polar surface area (TPSA) is 153 Å². The van der Waals surface area contributed by atoms with E-state index < -0.39 is 86.6 Å². The molecule has 3 saturated carbocycles. The molecule has 12 heteroatoms. The van der Waals surface area contributed by atoms with Crippen molar-refractivity contribution >= 4 is 27.1 Å². The van der Waals surface area contributed by atoms with Gasteiger partial charge in [0.25, 0.3) is 0 Å². The molecule has 46 heavy (non-hydrogen) atoms. The number of anilines is 1. The number of fused-ring (bicyclic) bond motifs is 7. The van der Waals surface area contributed by atoms with Gasteiger partial charge < -0.3 is 25.4 Å². The Kier molecular flexibility index (Phi) is 6.88. The minimum atomic E-state index is -3.86. The first kappa shape index (κ1) is 31.3. The minimum absolute atomic E-state index is 0.00448. The zero-order chi connectivity index (χ0) is 33.0. The Labute approximate surface area is 265 Å². The maximum atomic E-state index is 17.6. The van der Waals surface area contributed by atoms with Crippen molar-refractivity contribution in [2.45, 2.75) is 78.8 Å². The van der Waals surface area contributed by atoms with E-state index in [2.05, 4.69) is 0 Å². The fourth-order valence-electron chi connectivity index (χ4n) is 9.30. The first-order chi connectivity index (χ1) is 21.6. The second-order valence-corrected chi connectivity index (χ2v) is 15.6. The molecule has 4 fully saturated rings. The van der Waals surface area contributed by atoms with Gasteiger partial charge in [0.15, 0.2) is 29.1 Å². The first-order valence-corrected chi connectivity index (χ1v) is 16.8. The molecule has 0 radical (unpaired) electrons. The van der Waals surface area contributed by atoms with Gasteiger partial charge >= 0.3 is 0 Å². The Morgan fingerprint density at radius 2 is 1.67 bits per heavy atom. The molecule has 1 unspecified atom stereocenters. The summed E-state index contributed by atoms with van der Waals surface area (Å²) in [6.07, 6.45) is -2.22. The summed E-state index contributed by atoms with van der Waals surface area (Å²) in [5, 5.41) is 21.8. The van der Waals surface area contributed by atoms with Crippen molar-refractivity contribution in [3.05, 3.63) is 77.9 Å². The summed E-state index contributed by atoms with van der Waals surface area (Å²) in [6.45, 7) is 2.29. The standard InChI is InChI=1S/C34H35F2NO8S/c1-31-12-11-20(39)13-25(31)26(35)14-24-23-15-29-34(28(41)17-38,32(23,2)16-27(40)33(24,31)36)45-30(44-29)18-3-7-21(8-4-18)46(42,43)22-9-5-19(37)6-10-22/h3-13,23-24,26-27,29-30,38,40H,14-17,37H2,1-2H3/t23?,24-,26-,27-,29+,30+,31-,32-,33-,34+/m0/s1. The summed E-state index contributed by atoms with van der Waals surface area (Å²) in [6, 6.07) is 11.6. The average Bonchev–Trinajstić information content (AvgIpc) is 3.53. The molecule has 7 rings (SSSR count). The van der Waals surface area contributed by atoms with Gasteiger partial charge in [-0.3, -0.25) is 9.59 Å². The number of nitrogen functional groups attached to an aromatic ring is 1. The SMILES string of the molecule is C[C@]12C=CC(=O)C=C1[C@@H](F)C[C@H]1C3C[C@H]4O[C@@H](c5ccc(S(=O)(=O)c6ccc(N)cc6)cc5)O[C@@]4(C(=O)CO)[C@@]3(C)C[C@H](O)[C@@]12F. The van der Waals surface area contributed by atoms with Crippen LogP contribution in [0.25, 0.3) is 0 Å². The van der Waals surface area contributed by atoms with Gasteiger partial charge in [0.1, 0.15) is 12.8 Å². The molecule has 0 spiro atoms. The normalized spacial score (nSPS) is 41.3. The summed E-state index contributed by atoms with van der Waals surface area (Å²) in [7, 11) is -3.86. The molecule has 5 aliphatic rings. The number of hydrogen-bond donors (Lipinski definition) is 3. The van der Waals surface area contributed by atoms with Gasteiger partial charge in [0.05, 0.1) is 22.0 Å². The molecular weight excluding hydrogens is 620 g/mol. The number of aliphatic hydroxyl groups is 2. The maximum absolute atomic E-state index is 17.6. The molecular formula is C34H35F2NO8S. The van der Waals surface area contributed by atoms with Crippen LogP contribution in [0.3, 0.4) is 0 Å². The predicted molar refractivity (Wildman–Crippen MR) is 160 cm³/mol. The number of carbonyl (C=O) groups is 2. The number of allylic oxidation sites excluding steroid dienone is 4. The van der Waals surface area contributed by atoms with Crippen LogP contribution in [-0.2, 0) is 28.9 Å². The van der Waals surface area contributed by atoms with Crippen LogP contribution < -0.4 is 5.73 Å². The van der Waals surface area contributed by atoms with Crippen molar-refractivity contribution < 1.29 is 46.5 Å². The highest BCUT2D eigenvalue weighted by molar-refractivity contribution is 7.91. The second-order valence-electron chi connectivity index (χ2n) is 13.6.